The van der Waals surface area contributed by atoms with Crippen LogP contribution in [0, 0.1) is 0 Å². The van der Waals surface area contributed by atoms with Gasteiger partial charge in [-0.2, -0.15) is 0 Å². The summed E-state index contributed by atoms with van der Waals surface area (Å²) in [7, 11) is 0. The molecule has 13 heavy (non-hydrogen) atoms. The maximum absolute atomic E-state index is 5.27. The predicted octanol–water partition coefficient (Wildman–Crippen LogP) is 2.31. The molecule has 64 valence electrons. The number of epoxide rings is 1. The van der Waals surface area contributed by atoms with E-state index in [4.69, 9.17) is 4.74 Å². The molecule has 1 aliphatic heterocycles. The molecular weight excluding hydrogens is 162 g/mol. The van der Waals surface area contributed by atoms with Crippen molar-refractivity contribution in [3.8, 4) is 0 Å². The number of hydrogen-bond acceptors (Lipinski definition) is 2. The highest BCUT2D eigenvalue weighted by molar-refractivity contribution is 5.82. The van der Waals surface area contributed by atoms with Crippen molar-refractivity contribution in [3.63, 3.8) is 0 Å². The normalized spacial score (nSPS) is 20.5. The van der Waals surface area contributed by atoms with Crippen LogP contribution in [0.3, 0.4) is 0 Å². The summed E-state index contributed by atoms with van der Waals surface area (Å²) in [5, 5.41) is 1.22. The molecule has 2 nitrogen and oxygen atoms in total. The quantitative estimate of drug-likeness (QED) is 0.615. The topological polar surface area (TPSA) is 25.4 Å². The Morgan fingerprint density at radius 3 is 2.92 bits per heavy atom. The number of fused-ring (bicyclic) bond motifs is 1. The van der Waals surface area contributed by atoms with Crippen LogP contribution in [0.2, 0.25) is 0 Å². The van der Waals surface area contributed by atoms with E-state index in [1.807, 2.05) is 30.5 Å². The highest BCUT2D eigenvalue weighted by Gasteiger charge is 2.26. The number of benzene rings is 1. The Kier molecular flexibility index (Phi) is 1.37. The Bertz CT molecular complexity index is 443. The zero-order valence-electron chi connectivity index (χ0n) is 7.10. The van der Waals surface area contributed by atoms with Gasteiger partial charge in [-0.05, 0) is 17.7 Å². The standard InChI is InChI=1S/C11H9NO/c1-2-4-10-8(3-1)9(5-6-12-10)11-7-13-11/h1-6,11H,7H2. The predicted molar refractivity (Wildman–Crippen MR) is 50.4 cm³/mol. The highest BCUT2D eigenvalue weighted by Crippen LogP contribution is 2.33. The zero-order chi connectivity index (χ0) is 8.67. The molecule has 0 aliphatic carbocycles. The molecule has 0 bridgehead atoms. The van der Waals surface area contributed by atoms with Crippen molar-refractivity contribution >= 4 is 10.9 Å². The van der Waals surface area contributed by atoms with Gasteiger partial charge in [0.15, 0.2) is 0 Å². The van der Waals surface area contributed by atoms with Crippen molar-refractivity contribution in [1.29, 1.82) is 0 Å². The molecule has 1 aliphatic rings. The van der Waals surface area contributed by atoms with Crippen LogP contribution in [0.1, 0.15) is 11.7 Å². The summed E-state index contributed by atoms with van der Waals surface area (Å²) in [6, 6.07) is 10.2. The van der Waals surface area contributed by atoms with Crippen LogP contribution in [0.4, 0.5) is 0 Å². The Morgan fingerprint density at radius 2 is 2.08 bits per heavy atom. The third-order valence-corrected chi connectivity index (χ3v) is 2.36. The van der Waals surface area contributed by atoms with Crippen LogP contribution >= 0.6 is 0 Å². The summed E-state index contributed by atoms with van der Waals surface area (Å²) < 4.78 is 5.27. The molecule has 1 fully saturated rings. The van der Waals surface area contributed by atoms with Crippen molar-refractivity contribution < 1.29 is 4.74 Å². The second-order valence-electron chi connectivity index (χ2n) is 3.24. The lowest BCUT2D eigenvalue weighted by Gasteiger charge is -2.01. The average molecular weight is 171 g/mol. The largest absolute Gasteiger partial charge is 0.368 e. The van der Waals surface area contributed by atoms with Gasteiger partial charge in [-0.15, -0.1) is 0 Å². The zero-order valence-corrected chi connectivity index (χ0v) is 7.10. The van der Waals surface area contributed by atoms with Crippen LogP contribution in [0.15, 0.2) is 36.5 Å². The van der Waals surface area contributed by atoms with E-state index in [1.165, 1.54) is 10.9 Å². The minimum absolute atomic E-state index is 0.313. The maximum Gasteiger partial charge on any atom is 0.107 e. The molecule has 1 atom stereocenters. The molecular formula is C11H9NO. The Hall–Kier alpha value is -1.41. The molecule has 1 aromatic carbocycles. The van der Waals surface area contributed by atoms with Crippen molar-refractivity contribution in [3.05, 3.63) is 42.1 Å². The average Bonchev–Trinajstić information content (AvgIpc) is 3.00. The molecule has 0 amide bonds. The van der Waals surface area contributed by atoms with Gasteiger partial charge >= 0.3 is 0 Å². The van der Waals surface area contributed by atoms with E-state index < -0.39 is 0 Å². The molecule has 3 rings (SSSR count). The van der Waals surface area contributed by atoms with Crippen LogP contribution in [0.5, 0.6) is 0 Å². The fourth-order valence-corrected chi connectivity index (χ4v) is 1.63. The molecule has 1 unspecified atom stereocenters. The summed E-state index contributed by atoms with van der Waals surface area (Å²) in [5.74, 6) is 0. The first kappa shape index (κ1) is 7.04. The van der Waals surface area contributed by atoms with Gasteiger partial charge in [0, 0.05) is 11.6 Å². The number of nitrogens with zero attached hydrogens (tertiary/aromatic N) is 1. The molecule has 1 aromatic heterocycles. The van der Waals surface area contributed by atoms with Crippen LogP contribution in [-0.4, -0.2) is 11.6 Å². The number of hydrogen-bond donors (Lipinski definition) is 0. The summed E-state index contributed by atoms with van der Waals surface area (Å²) in [6.45, 7) is 0.855. The molecule has 1 saturated heterocycles. The minimum Gasteiger partial charge on any atom is -0.368 e. The highest BCUT2D eigenvalue weighted by atomic mass is 16.6. The van der Waals surface area contributed by atoms with E-state index in [9.17, 15) is 0 Å². The fourth-order valence-electron chi connectivity index (χ4n) is 1.63. The van der Waals surface area contributed by atoms with Crippen molar-refractivity contribution in [2.75, 3.05) is 6.61 Å². The van der Waals surface area contributed by atoms with Gasteiger partial charge in [-0.25, -0.2) is 0 Å². The number of pyridine rings is 1. The van der Waals surface area contributed by atoms with Gasteiger partial charge < -0.3 is 4.74 Å². The smallest absolute Gasteiger partial charge is 0.107 e. The second kappa shape index (κ2) is 2.54. The lowest BCUT2D eigenvalue weighted by atomic mass is 10.1. The van der Waals surface area contributed by atoms with E-state index in [0.29, 0.717) is 6.10 Å². The molecule has 2 heteroatoms. The number of aromatic nitrogens is 1. The second-order valence-corrected chi connectivity index (χ2v) is 3.24. The van der Waals surface area contributed by atoms with Crippen molar-refractivity contribution in [1.82, 2.24) is 4.98 Å². The summed E-state index contributed by atoms with van der Waals surface area (Å²) in [4.78, 5) is 4.30. The van der Waals surface area contributed by atoms with E-state index in [1.54, 1.807) is 0 Å². The monoisotopic (exact) mass is 171 g/mol. The van der Waals surface area contributed by atoms with Gasteiger partial charge in [0.05, 0.1) is 12.1 Å². The minimum atomic E-state index is 0.313. The van der Waals surface area contributed by atoms with Crippen LogP contribution in [-0.2, 0) is 4.74 Å². The van der Waals surface area contributed by atoms with E-state index in [2.05, 4.69) is 11.1 Å². The van der Waals surface area contributed by atoms with E-state index in [-0.39, 0.29) is 0 Å². The third kappa shape index (κ3) is 1.11. The maximum atomic E-state index is 5.27. The summed E-state index contributed by atoms with van der Waals surface area (Å²) in [6.07, 6.45) is 2.16. The molecule has 0 spiro atoms. The summed E-state index contributed by atoms with van der Waals surface area (Å²) in [5.41, 5.74) is 2.32. The Morgan fingerprint density at radius 1 is 1.23 bits per heavy atom. The van der Waals surface area contributed by atoms with E-state index in [0.717, 1.165) is 12.1 Å². The van der Waals surface area contributed by atoms with Crippen molar-refractivity contribution in [2.45, 2.75) is 6.10 Å². The molecule has 0 N–H and O–H groups in total. The van der Waals surface area contributed by atoms with Crippen LogP contribution in [0.25, 0.3) is 10.9 Å². The summed E-state index contributed by atoms with van der Waals surface area (Å²) >= 11 is 0. The first-order valence-electron chi connectivity index (χ1n) is 4.40. The first-order valence-corrected chi connectivity index (χ1v) is 4.40. The lowest BCUT2D eigenvalue weighted by Crippen LogP contribution is -1.85. The molecule has 0 saturated carbocycles. The number of para-hydroxylation sites is 1. The van der Waals surface area contributed by atoms with Gasteiger partial charge in [0.1, 0.15) is 6.10 Å². The van der Waals surface area contributed by atoms with Crippen LogP contribution < -0.4 is 0 Å². The van der Waals surface area contributed by atoms with Gasteiger partial charge in [-0.1, -0.05) is 18.2 Å². The lowest BCUT2D eigenvalue weighted by molar-refractivity contribution is 0.417. The Labute approximate surface area is 76.2 Å². The fraction of sp³-hybridized carbons (Fsp3) is 0.182. The molecule has 2 aromatic rings. The Balaban J connectivity index is 2.32. The molecule has 2 heterocycles. The number of rotatable bonds is 1. The van der Waals surface area contributed by atoms with Gasteiger partial charge in [0.25, 0.3) is 0 Å². The first-order chi connectivity index (χ1) is 6.45. The van der Waals surface area contributed by atoms with Gasteiger partial charge in [0.2, 0.25) is 0 Å². The molecule has 0 radical (unpaired) electrons. The number of ether oxygens (including phenoxy) is 1. The van der Waals surface area contributed by atoms with Gasteiger partial charge in [-0.3, -0.25) is 4.98 Å². The van der Waals surface area contributed by atoms with Crippen molar-refractivity contribution in [2.24, 2.45) is 0 Å². The van der Waals surface area contributed by atoms with E-state index >= 15 is 0 Å². The SMILES string of the molecule is c1ccc2c(C3CO3)ccnc2c1. The third-order valence-electron chi connectivity index (χ3n) is 2.36.